The van der Waals surface area contributed by atoms with Crippen molar-refractivity contribution in [3.63, 3.8) is 0 Å². The number of amides is 1. The fourth-order valence-corrected chi connectivity index (χ4v) is 0.455. The van der Waals surface area contributed by atoms with Gasteiger partial charge in [-0.3, -0.25) is 4.79 Å². The average molecular weight is 121 g/mol. The molecular formula is C6H12LiNO. The predicted molar refractivity (Wildman–Crippen MR) is 33.3 cm³/mol. The van der Waals surface area contributed by atoms with Crippen molar-refractivity contribution in [2.75, 3.05) is 6.54 Å². The monoisotopic (exact) mass is 121 g/mol. The second-order valence-corrected chi connectivity index (χ2v) is 1.60. The van der Waals surface area contributed by atoms with Crippen LogP contribution in [0.3, 0.4) is 0 Å². The van der Waals surface area contributed by atoms with Gasteiger partial charge in [0, 0.05) is 6.42 Å². The summed E-state index contributed by atoms with van der Waals surface area (Å²) in [7, 11) is 0. The fourth-order valence-electron chi connectivity index (χ4n) is 0.455. The fraction of sp³-hybridized carbons (Fsp3) is 0.667. The largest absolute Gasteiger partial charge is 1.00 e. The van der Waals surface area contributed by atoms with Crippen LogP contribution in [-0.2, 0) is 4.79 Å². The van der Waals surface area contributed by atoms with Crippen LogP contribution in [0.1, 0.15) is 19.8 Å². The van der Waals surface area contributed by atoms with Crippen molar-refractivity contribution in [2.24, 2.45) is 0 Å². The average Bonchev–Trinajstić information content (AvgIpc) is 1.68. The topological polar surface area (TPSA) is 29.1 Å². The molecule has 0 spiro atoms. The number of hydrogen-bond acceptors (Lipinski definition) is 1. The Hall–Kier alpha value is 0.0674. The molecule has 0 fully saturated rings. The Morgan fingerprint density at radius 3 is 2.56 bits per heavy atom. The van der Waals surface area contributed by atoms with E-state index in [1.54, 1.807) is 0 Å². The van der Waals surface area contributed by atoms with Gasteiger partial charge in [0.2, 0.25) is 5.91 Å². The maximum Gasteiger partial charge on any atom is 1.00 e. The quantitative estimate of drug-likeness (QED) is 0.331. The summed E-state index contributed by atoms with van der Waals surface area (Å²) in [5.74, 6) is 0.0995. The molecule has 0 aliphatic heterocycles. The zero-order valence-corrected chi connectivity index (χ0v) is 6.24. The van der Waals surface area contributed by atoms with Gasteiger partial charge in [-0.05, 0) is 6.42 Å². The molecule has 1 N–H and O–H groups in total. The van der Waals surface area contributed by atoms with Gasteiger partial charge in [0.1, 0.15) is 0 Å². The van der Waals surface area contributed by atoms with Crippen molar-refractivity contribution < 1.29 is 23.7 Å². The van der Waals surface area contributed by atoms with E-state index in [0.717, 1.165) is 6.42 Å². The molecule has 0 aromatic rings. The Balaban J connectivity index is 0. The van der Waals surface area contributed by atoms with Gasteiger partial charge < -0.3 is 12.2 Å². The molecule has 0 saturated heterocycles. The molecule has 0 bridgehead atoms. The second-order valence-electron chi connectivity index (χ2n) is 1.60. The number of rotatable bonds is 3. The molecule has 0 heterocycles. The first-order valence-electron chi connectivity index (χ1n) is 2.87. The molecule has 0 rings (SSSR count). The van der Waals surface area contributed by atoms with E-state index in [9.17, 15) is 4.79 Å². The first-order chi connectivity index (χ1) is 3.81. The van der Waals surface area contributed by atoms with Gasteiger partial charge in [-0.15, -0.1) is 6.54 Å². The molecule has 0 aromatic heterocycles. The molecule has 0 aliphatic carbocycles. The summed E-state index contributed by atoms with van der Waals surface area (Å²) < 4.78 is 0. The minimum Gasteiger partial charge on any atom is -0.386 e. The van der Waals surface area contributed by atoms with Crippen LogP contribution in [0.25, 0.3) is 0 Å². The van der Waals surface area contributed by atoms with Crippen molar-refractivity contribution in [3.8, 4) is 0 Å². The maximum atomic E-state index is 10.5. The van der Waals surface area contributed by atoms with E-state index in [-0.39, 0.29) is 24.8 Å². The molecule has 0 radical (unpaired) electrons. The number of hydrogen-bond donors (Lipinski definition) is 1. The Bertz CT molecular complexity index is 67.5. The van der Waals surface area contributed by atoms with E-state index in [1.165, 1.54) is 0 Å². The summed E-state index contributed by atoms with van der Waals surface area (Å²) in [6.07, 6.45) is 1.53. The summed E-state index contributed by atoms with van der Waals surface area (Å²) in [5.41, 5.74) is 0. The van der Waals surface area contributed by atoms with Gasteiger partial charge in [-0.25, -0.2) is 0 Å². The number of carbonyl (C=O) groups is 1. The van der Waals surface area contributed by atoms with Gasteiger partial charge in [-0.1, -0.05) is 6.92 Å². The van der Waals surface area contributed by atoms with Crippen molar-refractivity contribution in [3.05, 3.63) is 6.92 Å². The van der Waals surface area contributed by atoms with Crippen LogP contribution < -0.4 is 24.2 Å². The van der Waals surface area contributed by atoms with E-state index >= 15 is 0 Å². The standard InChI is InChI=1S/C6H12NO.Li/c1-3-5-6(8)7-4-2;/h2-5H2,1H3,(H,7,8);/q-1;+1. The zero-order chi connectivity index (χ0) is 6.41. The predicted octanol–water partition coefficient (Wildman–Crippen LogP) is -2.26. The van der Waals surface area contributed by atoms with Crippen LogP contribution in [0.2, 0.25) is 0 Å². The molecule has 0 aromatic carbocycles. The van der Waals surface area contributed by atoms with Gasteiger partial charge in [0.25, 0.3) is 0 Å². The van der Waals surface area contributed by atoms with Gasteiger partial charge >= 0.3 is 18.9 Å². The smallest absolute Gasteiger partial charge is 0.386 e. The third-order valence-electron chi connectivity index (χ3n) is 0.799. The van der Waals surface area contributed by atoms with Crippen molar-refractivity contribution in [1.29, 1.82) is 0 Å². The summed E-state index contributed by atoms with van der Waals surface area (Å²) in [6, 6.07) is 0. The van der Waals surface area contributed by atoms with Crippen molar-refractivity contribution in [1.82, 2.24) is 5.32 Å². The summed E-state index contributed by atoms with van der Waals surface area (Å²) in [5, 5.41) is 2.60. The van der Waals surface area contributed by atoms with E-state index in [2.05, 4.69) is 12.2 Å². The SMILES string of the molecule is [CH2-]CNC(=O)CCC.[Li+]. The van der Waals surface area contributed by atoms with Crippen LogP contribution in [0.15, 0.2) is 0 Å². The minimum absolute atomic E-state index is 0. The number of nitrogens with one attached hydrogen (secondary N) is 1. The van der Waals surface area contributed by atoms with Gasteiger partial charge in [-0.2, -0.15) is 0 Å². The van der Waals surface area contributed by atoms with Gasteiger partial charge in [0.15, 0.2) is 0 Å². The van der Waals surface area contributed by atoms with Crippen molar-refractivity contribution in [2.45, 2.75) is 19.8 Å². The van der Waals surface area contributed by atoms with E-state index in [0.29, 0.717) is 13.0 Å². The van der Waals surface area contributed by atoms with E-state index in [1.807, 2.05) is 6.92 Å². The maximum absolute atomic E-state index is 10.5. The minimum atomic E-state index is 0. The van der Waals surface area contributed by atoms with E-state index < -0.39 is 0 Å². The van der Waals surface area contributed by atoms with E-state index in [4.69, 9.17) is 0 Å². The summed E-state index contributed by atoms with van der Waals surface area (Å²) in [6.45, 7) is 5.95. The molecular weight excluding hydrogens is 109 g/mol. The second kappa shape index (κ2) is 8.07. The van der Waals surface area contributed by atoms with Crippen molar-refractivity contribution >= 4 is 5.91 Å². The third-order valence-corrected chi connectivity index (χ3v) is 0.799. The molecule has 0 aliphatic rings. The molecule has 0 saturated carbocycles. The zero-order valence-electron chi connectivity index (χ0n) is 6.24. The van der Waals surface area contributed by atoms with Crippen LogP contribution in [-0.4, -0.2) is 12.5 Å². The Kier molecular flexibility index (Phi) is 10.6. The third kappa shape index (κ3) is 8.07. The molecule has 9 heavy (non-hydrogen) atoms. The molecule has 0 atom stereocenters. The first kappa shape index (κ1) is 11.8. The van der Waals surface area contributed by atoms with Crippen LogP contribution in [0, 0.1) is 6.92 Å². The number of carbonyl (C=O) groups excluding carboxylic acids is 1. The van der Waals surface area contributed by atoms with Crippen LogP contribution >= 0.6 is 0 Å². The Morgan fingerprint density at radius 2 is 2.22 bits per heavy atom. The molecule has 48 valence electrons. The molecule has 2 nitrogen and oxygen atoms in total. The molecule has 1 amide bonds. The molecule has 0 unspecified atom stereocenters. The summed E-state index contributed by atoms with van der Waals surface area (Å²) in [4.78, 5) is 10.5. The normalized spacial score (nSPS) is 7.78. The first-order valence-corrected chi connectivity index (χ1v) is 2.87. The Morgan fingerprint density at radius 1 is 1.67 bits per heavy atom. The summed E-state index contributed by atoms with van der Waals surface area (Å²) >= 11 is 0. The Labute approximate surface area is 68.6 Å². The molecule has 3 heteroatoms. The van der Waals surface area contributed by atoms with Gasteiger partial charge in [0.05, 0.1) is 0 Å². The van der Waals surface area contributed by atoms with Crippen LogP contribution in [0.5, 0.6) is 0 Å². The van der Waals surface area contributed by atoms with Crippen LogP contribution in [0.4, 0.5) is 0 Å².